The minimum Gasteiger partial charge on any atom is -0.396 e. The van der Waals surface area contributed by atoms with E-state index >= 15 is 0 Å². The summed E-state index contributed by atoms with van der Waals surface area (Å²) in [5.41, 5.74) is 2.28. The molecule has 0 spiro atoms. The predicted molar refractivity (Wildman–Crippen MR) is 72.3 cm³/mol. The summed E-state index contributed by atoms with van der Waals surface area (Å²) in [6, 6.07) is 7.90. The first-order valence-electron chi connectivity index (χ1n) is 6.36. The van der Waals surface area contributed by atoms with Crippen LogP contribution in [0, 0.1) is 6.92 Å². The van der Waals surface area contributed by atoms with Gasteiger partial charge < -0.3 is 15.7 Å². The number of carbonyl (C=O) groups excluding carboxylic acids is 1. The molecule has 18 heavy (non-hydrogen) atoms. The van der Waals surface area contributed by atoms with E-state index in [0.717, 1.165) is 12.0 Å². The number of hydrogen-bond donors (Lipinski definition) is 3. The summed E-state index contributed by atoms with van der Waals surface area (Å²) in [7, 11) is 0. The molecule has 1 aromatic carbocycles. The van der Waals surface area contributed by atoms with E-state index in [1.54, 1.807) is 0 Å². The summed E-state index contributed by atoms with van der Waals surface area (Å²) in [6.45, 7) is 4.63. The van der Waals surface area contributed by atoms with Crippen molar-refractivity contribution < 1.29 is 9.90 Å². The van der Waals surface area contributed by atoms with Crippen molar-refractivity contribution >= 4 is 6.03 Å². The molecule has 1 unspecified atom stereocenters. The molecule has 4 heteroatoms. The summed E-state index contributed by atoms with van der Waals surface area (Å²) in [5, 5.41) is 14.5. The summed E-state index contributed by atoms with van der Waals surface area (Å²) in [5.74, 6) is 0. The molecule has 0 aliphatic carbocycles. The largest absolute Gasteiger partial charge is 0.396 e. The van der Waals surface area contributed by atoms with Gasteiger partial charge in [0, 0.05) is 19.2 Å². The Hall–Kier alpha value is -1.55. The Bertz CT molecular complexity index is 363. The van der Waals surface area contributed by atoms with E-state index < -0.39 is 0 Å². The highest BCUT2D eigenvalue weighted by molar-refractivity contribution is 5.74. The second-order valence-corrected chi connectivity index (χ2v) is 4.43. The molecule has 4 nitrogen and oxygen atoms in total. The molecule has 0 heterocycles. The fraction of sp³-hybridized carbons (Fsp3) is 0.500. The Morgan fingerprint density at radius 2 is 2.00 bits per heavy atom. The molecular weight excluding hydrogens is 228 g/mol. The monoisotopic (exact) mass is 250 g/mol. The molecule has 0 saturated carbocycles. The Morgan fingerprint density at radius 3 is 2.56 bits per heavy atom. The average molecular weight is 250 g/mol. The number of aliphatic hydroxyl groups is 1. The molecule has 1 atom stereocenters. The van der Waals surface area contributed by atoms with Crippen molar-refractivity contribution in [1.82, 2.24) is 10.6 Å². The second kappa shape index (κ2) is 7.71. The van der Waals surface area contributed by atoms with Crippen LogP contribution in [0.1, 0.15) is 30.9 Å². The Balaban J connectivity index is 2.34. The fourth-order valence-corrected chi connectivity index (χ4v) is 1.66. The normalized spacial score (nSPS) is 11.9. The topological polar surface area (TPSA) is 61.4 Å². The van der Waals surface area contributed by atoms with Gasteiger partial charge in [-0.3, -0.25) is 0 Å². The van der Waals surface area contributed by atoms with Crippen molar-refractivity contribution in [3.63, 3.8) is 0 Å². The van der Waals surface area contributed by atoms with Gasteiger partial charge in [-0.15, -0.1) is 0 Å². The standard InChI is InChI=1S/C14H22N2O2/c1-3-13(8-9-17)16-14(18)15-10-12-6-4-11(2)5-7-12/h4-7,13,17H,3,8-10H2,1-2H3,(H2,15,16,18). The highest BCUT2D eigenvalue weighted by Gasteiger charge is 2.08. The minimum absolute atomic E-state index is 0.0352. The molecule has 0 fully saturated rings. The first-order chi connectivity index (χ1) is 8.65. The smallest absolute Gasteiger partial charge is 0.315 e. The van der Waals surface area contributed by atoms with E-state index in [9.17, 15) is 4.79 Å². The quantitative estimate of drug-likeness (QED) is 0.722. The van der Waals surface area contributed by atoms with Gasteiger partial charge in [-0.25, -0.2) is 4.79 Å². The van der Waals surface area contributed by atoms with Crippen molar-refractivity contribution in [2.24, 2.45) is 0 Å². The number of hydrogen-bond acceptors (Lipinski definition) is 2. The Labute approximate surface area is 108 Å². The number of aliphatic hydroxyl groups excluding tert-OH is 1. The molecular formula is C14H22N2O2. The third-order valence-electron chi connectivity index (χ3n) is 2.88. The van der Waals surface area contributed by atoms with Gasteiger partial charge in [-0.2, -0.15) is 0 Å². The van der Waals surface area contributed by atoms with Crippen LogP contribution < -0.4 is 10.6 Å². The van der Waals surface area contributed by atoms with Gasteiger partial charge in [-0.05, 0) is 25.3 Å². The first-order valence-corrected chi connectivity index (χ1v) is 6.36. The Kier molecular flexibility index (Phi) is 6.22. The van der Waals surface area contributed by atoms with Gasteiger partial charge in [0.2, 0.25) is 0 Å². The lowest BCUT2D eigenvalue weighted by Gasteiger charge is -2.16. The maximum absolute atomic E-state index is 11.6. The van der Waals surface area contributed by atoms with Gasteiger partial charge >= 0.3 is 6.03 Å². The lowest BCUT2D eigenvalue weighted by atomic mass is 10.1. The minimum atomic E-state index is -0.184. The third kappa shape index (κ3) is 5.19. The molecule has 0 bridgehead atoms. The van der Waals surface area contributed by atoms with Crippen molar-refractivity contribution in [3.8, 4) is 0 Å². The van der Waals surface area contributed by atoms with Crippen LogP contribution >= 0.6 is 0 Å². The maximum atomic E-state index is 11.6. The lowest BCUT2D eigenvalue weighted by molar-refractivity contribution is 0.227. The van der Waals surface area contributed by atoms with Crippen LogP contribution in [0.5, 0.6) is 0 Å². The van der Waals surface area contributed by atoms with Crippen LogP contribution in [-0.2, 0) is 6.54 Å². The predicted octanol–water partition coefficient (Wildman–Crippen LogP) is 1.96. The molecule has 2 amide bonds. The molecule has 100 valence electrons. The maximum Gasteiger partial charge on any atom is 0.315 e. The summed E-state index contributed by atoms with van der Waals surface area (Å²) >= 11 is 0. The molecule has 1 aromatic rings. The number of urea groups is 1. The van der Waals surface area contributed by atoms with Crippen LogP contribution in [0.2, 0.25) is 0 Å². The van der Waals surface area contributed by atoms with E-state index in [2.05, 4.69) is 10.6 Å². The fourth-order valence-electron chi connectivity index (χ4n) is 1.66. The molecule has 0 aromatic heterocycles. The van der Waals surface area contributed by atoms with Gasteiger partial charge in [-0.1, -0.05) is 36.8 Å². The van der Waals surface area contributed by atoms with Crippen molar-refractivity contribution in [2.45, 2.75) is 39.3 Å². The zero-order chi connectivity index (χ0) is 13.4. The van der Waals surface area contributed by atoms with E-state index in [1.165, 1.54) is 5.56 Å². The number of carbonyl (C=O) groups is 1. The van der Waals surface area contributed by atoms with E-state index in [1.807, 2.05) is 38.1 Å². The SMILES string of the molecule is CCC(CCO)NC(=O)NCc1ccc(C)cc1. The zero-order valence-corrected chi connectivity index (χ0v) is 11.1. The number of benzene rings is 1. The number of rotatable bonds is 6. The van der Waals surface area contributed by atoms with Crippen LogP contribution in [0.25, 0.3) is 0 Å². The summed E-state index contributed by atoms with van der Waals surface area (Å²) in [4.78, 5) is 11.6. The van der Waals surface area contributed by atoms with Crippen LogP contribution in [0.15, 0.2) is 24.3 Å². The summed E-state index contributed by atoms with van der Waals surface area (Å²) < 4.78 is 0. The number of nitrogens with one attached hydrogen (secondary N) is 2. The lowest BCUT2D eigenvalue weighted by Crippen LogP contribution is -2.41. The van der Waals surface area contributed by atoms with E-state index in [-0.39, 0.29) is 18.7 Å². The van der Waals surface area contributed by atoms with E-state index in [4.69, 9.17) is 5.11 Å². The average Bonchev–Trinajstić information content (AvgIpc) is 2.37. The molecule has 0 saturated heterocycles. The van der Waals surface area contributed by atoms with Crippen LogP contribution in [0.4, 0.5) is 4.79 Å². The zero-order valence-electron chi connectivity index (χ0n) is 11.1. The van der Waals surface area contributed by atoms with Gasteiger partial charge in [0.05, 0.1) is 0 Å². The van der Waals surface area contributed by atoms with Crippen molar-refractivity contribution in [3.05, 3.63) is 35.4 Å². The van der Waals surface area contributed by atoms with Gasteiger partial charge in [0.25, 0.3) is 0 Å². The highest BCUT2D eigenvalue weighted by Crippen LogP contribution is 2.02. The van der Waals surface area contributed by atoms with Crippen molar-refractivity contribution in [1.29, 1.82) is 0 Å². The van der Waals surface area contributed by atoms with Gasteiger partial charge in [0.15, 0.2) is 0 Å². The second-order valence-electron chi connectivity index (χ2n) is 4.43. The summed E-state index contributed by atoms with van der Waals surface area (Å²) in [6.07, 6.45) is 1.41. The molecule has 1 rings (SSSR count). The first kappa shape index (κ1) is 14.5. The molecule has 0 radical (unpaired) electrons. The number of amides is 2. The highest BCUT2D eigenvalue weighted by atomic mass is 16.3. The number of aryl methyl sites for hydroxylation is 1. The van der Waals surface area contributed by atoms with E-state index in [0.29, 0.717) is 13.0 Å². The van der Waals surface area contributed by atoms with Crippen LogP contribution in [0.3, 0.4) is 0 Å². The molecule has 0 aliphatic heterocycles. The van der Waals surface area contributed by atoms with Gasteiger partial charge in [0.1, 0.15) is 0 Å². The Morgan fingerprint density at radius 1 is 1.33 bits per heavy atom. The van der Waals surface area contributed by atoms with Crippen LogP contribution in [-0.4, -0.2) is 23.8 Å². The molecule has 0 aliphatic rings. The molecule has 3 N–H and O–H groups in total. The third-order valence-corrected chi connectivity index (χ3v) is 2.88. The van der Waals surface area contributed by atoms with Crippen molar-refractivity contribution in [2.75, 3.05) is 6.61 Å².